The summed E-state index contributed by atoms with van der Waals surface area (Å²) in [6, 6.07) is 17.0. The van der Waals surface area contributed by atoms with Crippen LogP contribution >= 0.6 is 0 Å². The smallest absolute Gasteiger partial charge is 0.204 e. The molecule has 0 saturated heterocycles. The Morgan fingerprint density at radius 2 is 1.59 bits per heavy atom. The largest absolute Gasteiger partial charge is 0.380 e. The summed E-state index contributed by atoms with van der Waals surface area (Å²) in [7, 11) is 0. The second-order valence-corrected chi connectivity index (χ2v) is 3.69. The summed E-state index contributed by atoms with van der Waals surface area (Å²) < 4.78 is 0. The predicted molar refractivity (Wildman–Crippen MR) is 69.5 cm³/mol. The zero-order chi connectivity index (χ0) is 12.1. The lowest BCUT2D eigenvalue weighted by atomic mass is 9.95. The van der Waals surface area contributed by atoms with Gasteiger partial charge in [-0.2, -0.15) is 0 Å². The molecular formula is C14H14N2O. The normalized spacial score (nSPS) is 11.1. The number of nitrogens with one attached hydrogen (secondary N) is 1. The maximum atomic E-state index is 8.58. The fourth-order valence-electron chi connectivity index (χ4n) is 2.00. The van der Waals surface area contributed by atoms with Crippen LogP contribution in [0.25, 0.3) is 11.1 Å². The first-order valence-corrected chi connectivity index (χ1v) is 5.43. The van der Waals surface area contributed by atoms with E-state index in [0.717, 1.165) is 6.54 Å². The van der Waals surface area contributed by atoms with Gasteiger partial charge in [-0.25, -0.2) is 0 Å². The molecule has 3 N–H and O–H groups in total. The average Bonchev–Trinajstić information content (AvgIpc) is 2.40. The number of primary amides is 1. The molecule has 1 aliphatic rings. The van der Waals surface area contributed by atoms with Crippen molar-refractivity contribution >= 4 is 12.1 Å². The van der Waals surface area contributed by atoms with Gasteiger partial charge in [-0.05, 0) is 17.2 Å². The highest BCUT2D eigenvalue weighted by Crippen LogP contribution is 2.34. The third-order valence-corrected chi connectivity index (χ3v) is 2.70. The molecule has 2 aromatic rings. The van der Waals surface area contributed by atoms with E-state index >= 15 is 0 Å². The Morgan fingerprint density at radius 1 is 1.00 bits per heavy atom. The van der Waals surface area contributed by atoms with Crippen molar-refractivity contribution in [1.29, 1.82) is 0 Å². The SMILES string of the molecule is NC=O.c1ccc2c(c1)CNc1ccccc1-2. The van der Waals surface area contributed by atoms with Crippen LogP contribution in [-0.2, 0) is 11.3 Å². The van der Waals surface area contributed by atoms with Crippen LogP contribution in [0.3, 0.4) is 0 Å². The van der Waals surface area contributed by atoms with Gasteiger partial charge in [0, 0.05) is 17.8 Å². The Labute approximate surface area is 100 Å². The van der Waals surface area contributed by atoms with Gasteiger partial charge in [0.2, 0.25) is 6.41 Å². The number of fused-ring (bicyclic) bond motifs is 3. The van der Waals surface area contributed by atoms with Crippen LogP contribution in [0.4, 0.5) is 5.69 Å². The van der Waals surface area contributed by atoms with Gasteiger partial charge in [-0.15, -0.1) is 0 Å². The first-order chi connectivity index (χ1) is 8.36. The molecule has 0 aliphatic carbocycles. The van der Waals surface area contributed by atoms with Crippen LogP contribution in [0.15, 0.2) is 48.5 Å². The highest BCUT2D eigenvalue weighted by molar-refractivity contribution is 5.82. The van der Waals surface area contributed by atoms with E-state index in [1.165, 1.54) is 22.4 Å². The summed E-state index contributed by atoms with van der Waals surface area (Å²) in [5.74, 6) is 0. The van der Waals surface area contributed by atoms with Crippen molar-refractivity contribution in [2.24, 2.45) is 5.73 Å². The molecule has 0 aromatic heterocycles. The molecule has 0 unspecified atom stereocenters. The third-order valence-electron chi connectivity index (χ3n) is 2.70. The minimum Gasteiger partial charge on any atom is -0.380 e. The number of amides is 1. The van der Waals surface area contributed by atoms with Crippen LogP contribution in [0.1, 0.15) is 5.56 Å². The van der Waals surface area contributed by atoms with Crippen molar-refractivity contribution in [1.82, 2.24) is 0 Å². The number of carbonyl (C=O) groups excluding carboxylic acids is 1. The molecule has 3 nitrogen and oxygen atoms in total. The van der Waals surface area contributed by atoms with Crippen LogP contribution in [0.2, 0.25) is 0 Å². The summed E-state index contributed by atoms with van der Waals surface area (Å²) in [4.78, 5) is 8.58. The van der Waals surface area contributed by atoms with Crippen LogP contribution < -0.4 is 11.1 Å². The van der Waals surface area contributed by atoms with E-state index in [4.69, 9.17) is 4.79 Å². The maximum Gasteiger partial charge on any atom is 0.204 e. The molecule has 17 heavy (non-hydrogen) atoms. The molecule has 2 aromatic carbocycles. The quantitative estimate of drug-likeness (QED) is 0.678. The number of carbonyl (C=O) groups is 1. The lowest BCUT2D eigenvalue weighted by Gasteiger charge is -2.20. The van der Waals surface area contributed by atoms with E-state index in [2.05, 4.69) is 59.6 Å². The van der Waals surface area contributed by atoms with Crippen LogP contribution in [0, 0.1) is 0 Å². The molecule has 3 rings (SSSR count). The zero-order valence-corrected chi connectivity index (χ0v) is 9.39. The van der Waals surface area contributed by atoms with E-state index in [0.29, 0.717) is 0 Å². The van der Waals surface area contributed by atoms with Crippen molar-refractivity contribution in [3.05, 3.63) is 54.1 Å². The monoisotopic (exact) mass is 226 g/mol. The highest BCUT2D eigenvalue weighted by Gasteiger charge is 2.12. The number of hydrogen-bond acceptors (Lipinski definition) is 2. The molecule has 0 fully saturated rings. The minimum atomic E-state index is 0.250. The van der Waals surface area contributed by atoms with Crippen molar-refractivity contribution in [2.45, 2.75) is 6.54 Å². The molecule has 0 spiro atoms. The Kier molecular flexibility index (Phi) is 3.40. The fraction of sp³-hybridized carbons (Fsp3) is 0.0714. The maximum absolute atomic E-state index is 8.58. The number of anilines is 1. The Balaban J connectivity index is 0.000000329. The van der Waals surface area contributed by atoms with E-state index < -0.39 is 0 Å². The molecule has 0 radical (unpaired) electrons. The fourth-order valence-corrected chi connectivity index (χ4v) is 2.00. The van der Waals surface area contributed by atoms with Gasteiger partial charge in [0.15, 0.2) is 0 Å². The van der Waals surface area contributed by atoms with Gasteiger partial charge in [0.05, 0.1) is 0 Å². The van der Waals surface area contributed by atoms with Crippen molar-refractivity contribution in [2.75, 3.05) is 5.32 Å². The van der Waals surface area contributed by atoms with E-state index in [1.54, 1.807) is 0 Å². The van der Waals surface area contributed by atoms with Crippen molar-refractivity contribution in [3.63, 3.8) is 0 Å². The topological polar surface area (TPSA) is 55.1 Å². The van der Waals surface area contributed by atoms with E-state index in [1.807, 2.05) is 0 Å². The molecule has 0 bridgehead atoms. The van der Waals surface area contributed by atoms with Gasteiger partial charge in [-0.3, -0.25) is 4.79 Å². The summed E-state index contributed by atoms with van der Waals surface area (Å²) in [5.41, 5.74) is 9.47. The number of benzene rings is 2. The standard InChI is InChI=1S/C13H11N.CH3NO/c1-2-6-11-10(5-1)9-14-13-8-4-3-7-12(11)13;2-1-3/h1-8,14H,9H2;1H,(H2,2,3). The lowest BCUT2D eigenvalue weighted by molar-refractivity contribution is -0.106. The summed E-state index contributed by atoms with van der Waals surface area (Å²) in [6.45, 7) is 0.938. The van der Waals surface area contributed by atoms with Gasteiger partial charge in [0.1, 0.15) is 0 Å². The second kappa shape index (κ2) is 5.16. The number of nitrogens with two attached hydrogens (primary N) is 1. The summed E-state index contributed by atoms with van der Waals surface area (Å²) in [6.07, 6.45) is 0.250. The molecule has 0 saturated carbocycles. The summed E-state index contributed by atoms with van der Waals surface area (Å²) in [5, 5.41) is 3.42. The lowest BCUT2D eigenvalue weighted by Crippen LogP contribution is -2.07. The van der Waals surface area contributed by atoms with Crippen molar-refractivity contribution < 1.29 is 4.79 Å². The van der Waals surface area contributed by atoms with E-state index in [-0.39, 0.29) is 6.41 Å². The molecule has 1 amide bonds. The van der Waals surface area contributed by atoms with Gasteiger partial charge < -0.3 is 11.1 Å². The minimum absolute atomic E-state index is 0.250. The number of rotatable bonds is 0. The molecule has 1 aliphatic heterocycles. The van der Waals surface area contributed by atoms with Crippen LogP contribution in [0.5, 0.6) is 0 Å². The highest BCUT2D eigenvalue weighted by atomic mass is 16.1. The summed E-state index contributed by atoms with van der Waals surface area (Å²) >= 11 is 0. The van der Waals surface area contributed by atoms with Gasteiger partial charge in [0.25, 0.3) is 0 Å². The molecular weight excluding hydrogens is 212 g/mol. The zero-order valence-electron chi connectivity index (χ0n) is 9.39. The Hall–Kier alpha value is -2.29. The molecule has 1 heterocycles. The third kappa shape index (κ3) is 2.28. The average molecular weight is 226 g/mol. The molecule has 86 valence electrons. The van der Waals surface area contributed by atoms with Gasteiger partial charge >= 0.3 is 0 Å². The Morgan fingerprint density at radius 3 is 2.35 bits per heavy atom. The number of para-hydroxylation sites is 1. The Bertz CT molecular complexity index is 478. The molecule has 3 heteroatoms. The predicted octanol–water partition coefficient (Wildman–Crippen LogP) is 2.38. The first kappa shape index (κ1) is 11.2. The first-order valence-electron chi connectivity index (χ1n) is 5.43. The second-order valence-electron chi connectivity index (χ2n) is 3.69. The number of hydrogen-bond donors (Lipinski definition) is 2. The van der Waals surface area contributed by atoms with Gasteiger partial charge in [-0.1, -0.05) is 42.5 Å². The molecule has 0 atom stereocenters. The van der Waals surface area contributed by atoms with E-state index in [9.17, 15) is 0 Å². The van der Waals surface area contributed by atoms with Crippen LogP contribution in [-0.4, -0.2) is 6.41 Å². The van der Waals surface area contributed by atoms with Crippen molar-refractivity contribution in [3.8, 4) is 11.1 Å².